The first kappa shape index (κ1) is 15.8. The number of hydrogen-bond acceptors (Lipinski definition) is 3. The van der Waals surface area contributed by atoms with Crippen LogP contribution in [0, 0.1) is 13.8 Å². The van der Waals surface area contributed by atoms with Crippen LogP contribution in [-0.4, -0.2) is 9.78 Å². The van der Waals surface area contributed by atoms with Gasteiger partial charge in [-0.3, -0.25) is 4.79 Å². The van der Waals surface area contributed by atoms with Crippen molar-refractivity contribution >= 4 is 12.6 Å². The molecule has 21 heavy (non-hydrogen) atoms. The lowest BCUT2D eigenvalue weighted by atomic mass is 10.0. The Morgan fingerprint density at radius 2 is 2.00 bits per heavy atom. The SMILES string of the molecule is CCCCn1nc(-c2ccc(C)cc2C)cc(CS)c1=O. The van der Waals surface area contributed by atoms with Gasteiger partial charge in [0.1, 0.15) is 0 Å². The van der Waals surface area contributed by atoms with Crippen LogP contribution in [0.5, 0.6) is 0 Å². The highest BCUT2D eigenvalue weighted by atomic mass is 32.1. The maximum Gasteiger partial charge on any atom is 0.270 e. The number of thiol groups is 1. The average molecular weight is 302 g/mol. The second-order valence-corrected chi connectivity index (χ2v) is 5.73. The van der Waals surface area contributed by atoms with Crippen molar-refractivity contribution in [2.45, 2.75) is 45.9 Å². The second kappa shape index (κ2) is 6.94. The van der Waals surface area contributed by atoms with Crippen molar-refractivity contribution in [3.05, 3.63) is 51.3 Å². The third kappa shape index (κ3) is 3.56. The molecule has 2 aromatic rings. The molecule has 0 aliphatic rings. The smallest absolute Gasteiger partial charge is 0.267 e. The van der Waals surface area contributed by atoms with Crippen molar-refractivity contribution in [3.63, 3.8) is 0 Å². The summed E-state index contributed by atoms with van der Waals surface area (Å²) in [4.78, 5) is 12.3. The molecule has 0 bridgehead atoms. The third-order valence-electron chi connectivity index (χ3n) is 3.60. The Morgan fingerprint density at radius 1 is 1.24 bits per heavy atom. The van der Waals surface area contributed by atoms with E-state index >= 15 is 0 Å². The lowest BCUT2D eigenvalue weighted by Gasteiger charge is -2.11. The summed E-state index contributed by atoms with van der Waals surface area (Å²) in [6, 6.07) is 8.16. The molecule has 0 spiro atoms. The van der Waals surface area contributed by atoms with E-state index in [-0.39, 0.29) is 5.56 Å². The summed E-state index contributed by atoms with van der Waals surface area (Å²) in [7, 11) is 0. The van der Waals surface area contributed by atoms with Crippen LogP contribution in [0.1, 0.15) is 36.5 Å². The minimum Gasteiger partial charge on any atom is -0.267 e. The van der Waals surface area contributed by atoms with Crippen molar-refractivity contribution in [1.82, 2.24) is 9.78 Å². The fraction of sp³-hybridized carbons (Fsp3) is 0.412. The highest BCUT2D eigenvalue weighted by Crippen LogP contribution is 2.22. The zero-order valence-corrected chi connectivity index (χ0v) is 13.8. The Hall–Kier alpha value is -1.55. The molecule has 4 heteroatoms. The van der Waals surface area contributed by atoms with Gasteiger partial charge in [0, 0.05) is 23.4 Å². The van der Waals surface area contributed by atoms with Gasteiger partial charge in [-0.05, 0) is 31.9 Å². The number of nitrogens with zero attached hydrogens (tertiary/aromatic N) is 2. The molecule has 0 fully saturated rings. The van der Waals surface area contributed by atoms with Crippen molar-refractivity contribution in [2.75, 3.05) is 0 Å². The lowest BCUT2D eigenvalue weighted by Crippen LogP contribution is -2.26. The maximum atomic E-state index is 12.3. The summed E-state index contributed by atoms with van der Waals surface area (Å²) in [5.74, 6) is 0.436. The largest absolute Gasteiger partial charge is 0.270 e. The first-order chi connectivity index (χ1) is 10.1. The number of aryl methyl sites for hydroxylation is 3. The van der Waals surface area contributed by atoms with Gasteiger partial charge in [-0.2, -0.15) is 17.7 Å². The molecule has 0 saturated carbocycles. The molecule has 0 atom stereocenters. The fourth-order valence-electron chi connectivity index (χ4n) is 2.40. The number of rotatable bonds is 5. The van der Waals surface area contributed by atoms with Crippen LogP contribution >= 0.6 is 12.6 Å². The molecule has 1 heterocycles. The summed E-state index contributed by atoms with van der Waals surface area (Å²) < 4.78 is 1.59. The van der Waals surface area contributed by atoms with Crippen molar-refractivity contribution in [1.29, 1.82) is 0 Å². The summed E-state index contributed by atoms with van der Waals surface area (Å²) in [6.45, 7) is 6.92. The first-order valence-corrected chi connectivity index (χ1v) is 7.99. The van der Waals surface area contributed by atoms with Crippen LogP contribution in [0.15, 0.2) is 29.1 Å². The van der Waals surface area contributed by atoms with E-state index in [1.165, 1.54) is 11.1 Å². The summed E-state index contributed by atoms with van der Waals surface area (Å²) in [5.41, 5.74) is 5.02. The molecule has 0 aliphatic heterocycles. The molecule has 0 amide bonds. The van der Waals surface area contributed by atoms with E-state index in [9.17, 15) is 4.79 Å². The van der Waals surface area contributed by atoms with Crippen molar-refractivity contribution < 1.29 is 0 Å². The zero-order chi connectivity index (χ0) is 15.4. The van der Waals surface area contributed by atoms with Crippen molar-refractivity contribution in [2.24, 2.45) is 0 Å². The van der Waals surface area contributed by atoms with Gasteiger partial charge in [-0.1, -0.05) is 37.1 Å². The fourth-order valence-corrected chi connectivity index (χ4v) is 2.63. The molecule has 0 saturated heterocycles. The molecule has 0 N–H and O–H groups in total. The Bertz CT molecular complexity index is 692. The predicted octanol–water partition coefficient (Wildman–Crippen LogP) is 3.76. The van der Waals surface area contributed by atoms with Gasteiger partial charge in [-0.25, -0.2) is 4.68 Å². The zero-order valence-electron chi connectivity index (χ0n) is 12.9. The molecular formula is C17H22N2OS. The number of aromatic nitrogens is 2. The molecule has 0 unspecified atom stereocenters. The van der Waals surface area contributed by atoms with E-state index in [1.54, 1.807) is 4.68 Å². The number of hydrogen-bond donors (Lipinski definition) is 1. The predicted molar refractivity (Wildman–Crippen MR) is 91.0 cm³/mol. The van der Waals surface area contributed by atoms with Crippen LogP contribution in [0.2, 0.25) is 0 Å². The van der Waals surface area contributed by atoms with Crippen molar-refractivity contribution in [3.8, 4) is 11.3 Å². The van der Waals surface area contributed by atoms with E-state index in [0.717, 1.165) is 24.1 Å². The molecule has 3 nitrogen and oxygen atoms in total. The number of unbranched alkanes of at least 4 members (excludes halogenated alkanes) is 1. The highest BCUT2D eigenvalue weighted by Gasteiger charge is 2.10. The average Bonchev–Trinajstić information content (AvgIpc) is 2.46. The maximum absolute atomic E-state index is 12.3. The molecule has 112 valence electrons. The topological polar surface area (TPSA) is 34.9 Å². The standard InChI is InChI=1S/C17H22N2OS/c1-4-5-8-19-17(20)14(11-21)10-16(18-19)15-7-6-12(2)9-13(15)3/h6-7,9-10,21H,4-5,8,11H2,1-3H3. The van der Waals surface area contributed by atoms with Gasteiger partial charge in [0.2, 0.25) is 0 Å². The summed E-state index contributed by atoms with van der Waals surface area (Å²) >= 11 is 4.28. The number of benzene rings is 1. The molecular weight excluding hydrogens is 280 g/mol. The van der Waals surface area contributed by atoms with Gasteiger partial charge < -0.3 is 0 Å². The van der Waals surface area contributed by atoms with Gasteiger partial charge in [0.25, 0.3) is 5.56 Å². The molecule has 0 radical (unpaired) electrons. The van der Waals surface area contributed by atoms with Gasteiger partial charge in [0.05, 0.1) is 5.69 Å². The van der Waals surface area contributed by atoms with Crippen LogP contribution in [0.25, 0.3) is 11.3 Å². The Kier molecular flexibility index (Phi) is 5.23. The van der Waals surface area contributed by atoms with E-state index in [1.807, 2.05) is 6.07 Å². The van der Waals surface area contributed by atoms with E-state index < -0.39 is 0 Å². The Labute approximate surface area is 131 Å². The monoisotopic (exact) mass is 302 g/mol. The summed E-state index contributed by atoms with van der Waals surface area (Å²) in [5, 5.41) is 4.55. The van der Waals surface area contributed by atoms with Crippen LogP contribution in [-0.2, 0) is 12.3 Å². The second-order valence-electron chi connectivity index (χ2n) is 5.41. The molecule has 1 aromatic carbocycles. The highest BCUT2D eigenvalue weighted by molar-refractivity contribution is 7.79. The minimum absolute atomic E-state index is 0.0213. The Balaban J connectivity index is 2.55. The third-order valence-corrected chi connectivity index (χ3v) is 3.94. The molecule has 2 rings (SSSR count). The van der Waals surface area contributed by atoms with Crippen LogP contribution in [0.4, 0.5) is 0 Å². The minimum atomic E-state index is -0.0213. The van der Waals surface area contributed by atoms with Gasteiger partial charge in [0.15, 0.2) is 0 Å². The lowest BCUT2D eigenvalue weighted by molar-refractivity contribution is 0.542. The van der Waals surface area contributed by atoms with Gasteiger partial charge >= 0.3 is 0 Å². The van der Waals surface area contributed by atoms with Crippen LogP contribution < -0.4 is 5.56 Å². The quantitative estimate of drug-likeness (QED) is 0.854. The van der Waals surface area contributed by atoms with E-state index in [2.05, 4.69) is 56.7 Å². The normalized spacial score (nSPS) is 10.9. The van der Waals surface area contributed by atoms with E-state index in [4.69, 9.17) is 0 Å². The first-order valence-electron chi connectivity index (χ1n) is 7.36. The van der Waals surface area contributed by atoms with Gasteiger partial charge in [-0.15, -0.1) is 0 Å². The Morgan fingerprint density at radius 3 is 2.62 bits per heavy atom. The summed E-state index contributed by atoms with van der Waals surface area (Å²) in [6.07, 6.45) is 1.99. The van der Waals surface area contributed by atoms with Crippen LogP contribution in [0.3, 0.4) is 0 Å². The molecule has 0 aliphatic carbocycles. The van der Waals surface area contributed by atoms with E-state index in [0.29, 0.717) is 17.9 Å². The molecule has 1 aromatic heterocycles.